The zero-order valence-electron chi connectivity index (χ0n) is 21.4. The molecular formula is C27H35N5O4S. The molecule has 0 bridgehead atoms. The van der Waals surface area contributed by atoms with E-state index < -0.39 is 15.3 Å². The highest BCUT2D eigenvalue weighted by atomic mass is 32.3. The van der Waals surface area contributed by atoms with E-state index in [1.165, 1.54) is 19.3 Å². The highest BCUT2D eigenvalue weighted by Crippen LogP contribution is 2.67. The van der Waals surface area contributed by atoms with Crippen LogP contribution in [-0.4, -0.2) is 73.5 Å². The van der Waals surface area contributed by atoms with Crippen molar-refractivity contribution in [2.45, 2.75) is 62.3 Å². The zero-order chi connectivity index (χ0) is 25.9. The van der Waals surface area contributed by atoms with Crippen LogP contribution in [-0.2, 0) is 4.79 Å². The number of benzene rings is 1. The molecule has 4 aliphatic rings. The highest BCUT2D eigenvalue weighted by molar-refractivity contribution is 8.26. The Balaban J connectivity index is 1.18. The molecule has 10 heteroatoms. The second-order valence-corrected chi connectivity index (χ2v) is 13.6. The first-order valence-electron chi connectivity index (χ1n) is 13.2. The summed E-state index contributed by atoms with van der Waals surface area (Å²) in [6.07, 6.45) is 6.53. The van der Waals surface area contributed by atoms with Gasteiger partial charge < -0.3 is 20.0 Å². The van der Waals surface area contributed by atoms with Crippen LogP contribution in [0.3, 0.4) is 0 Å². The number of pyridine rings is 1. The summed E-state index contributed by atoms with van der Waals surface area (Å²) in [5, 5.41) is 3.35. The molecule has 0 radical (unpaired) electrons. The Labute approximate surface area is 219 Å². The Morgan fingerprint density at radius 3 is 2.41 bits per heavy atom. The van der Waals surface area contributed by atoms with E-state index in [4.69, 9.17) is 4.98 Å². The largest absolute Gasteiger partial charge is 0.340 e. The number of rotatable bonds is 4. The highest BCUT2D eigenvalue weighted by Gasteiger charge is 2.60. The van der Waals surface area contributed by atoms with Gasteiger partial charge in [0.2, 0.25) is 5.91 Å². The summed E-state index contributed by atoms with van der Waals surface area (Å²) in [7, 11) is -0.726. The fourth-order valence-electron chi connectivity index (χ4n) is 6.27. The lowest BCUT2D eigenvalue weighted by Crippen LogP contribution is -2.70. The van der Waals surface area contributed by atoms with Crippen LogP contribution in [0.5, 0.6) is 0 Å². The molecule has 1 atom stereocenters. The van der Waals surface area contributed by atoms with Crippen LogP contribution < -0.4 is 15.1 Å². The predicted molar refractivity (Wildman–Crippen MR) is 147 cm³/mol. The molecule has 2 aromatic rings. The van der Waals surface area contributed by atoms with E-state index >= 15 is 0 Å². The van der Waals surface area contributed by atoms with Gasteiger partial charge >= 0.3 is 0 Å². The van der Waals surface area contributed by atoms with Crippen molar-refractivity contribution in [1.29, 1.82) is 0 Å². The van der Waals surface area contributed by atoms with Crippen LogP contribution in [0.4, 0.5) is 23.0 Å². The molecule has 1 aromatic heterocycles. The number of likely N-dealkylation sites (N-methyl/N-ethyl adjacent to an activating group) is 1. The third-order valence-electron chi connectivity index (χ3n) is 8.72. The number of fused-ring (bicyclic) bond motifs is 1. The average Bonchev–Trinajstić information content (AvgIpc) is 2.87. The Hall–Kier alpha value is -2.82. The van der Waals surface area contributed by atoms with E-state index in [9.17, 15) is 18.7 Å². The summed E-state index contributed by atoms with van der Waals surface area (Å²) in [5.74, 6) is 1.99. The van der Waals surface area contributed by atoms with Crippen LogP contribution in [0, 0.1) is 0 Å². The Bertz CT molecular complexity index is 1220. The number of carbonyl (C=O) groups excluding carboxylic acids is 2. The number of nitrogens with one attached hydrogen (secondary N) is 1. The summed E-state index contributed by atoms with van der Waals surface area (Å²) in [6.45, 7) is 2.81. The van der Waals surface area contributed by atoms with E-state index in [1.807, 2.05) is 38.2 Å². The molecule has 2 saturated heterocycles. The van der Waals surface area contributed by atoms with Gasteiger partial charge in [-0.25, -0.2) is 4.98 Å². The van der Waals surface area contributed by atoms with E-state index in [0.717, 1.165) is 36.5 Å². The first-order chi connectivity index (χ1) is 17.7. The molecule has 2 amide bonds. The van der Waals surface area contributed by atoms with Crippen LogP contribution >= 0.6 is 10.6 Å². The number of hydrogen-bond acceptors (Lipinski definition) is 7. The van der Waals surface area contributed by atoms with Gasteiger partial charge in [0.25, 0.3) is 5.91 Å². The molecule has 3 aliphatic heterocycles. The molecule has 1 aliphatic carbocycles. The Morgan fingerprint density at radius 1 is 1.08 bits per heavy atom. The first kappa shape index (κ1) is 24.5. The van der Waals surface area contributed by atoms with Crippen LogP contribution in [0.15, 0.2) is 36.4 Å². The fraction of sp³-hybridized carbons (Fsp3) is 0.519. The zero-order valence-corrected chi connectivity index (χ0v) is 22.2. The predicted octanol–water partition coefficient (Wildman–Crippen LogP) is 4.68. The molecule has 1 saturated carbocycles. The third-order valence-corrected chi connectivity index (χ3v) is 11.3. The average molecular weight is 526 g/mol. The van der Waals surface area contributed by atoms with Crippen molar-refractivity contribution >= 4 is 45.4 Å². The molecule has 3 N–H and O–H groups in total. The maximum atomic E-state index is 13.0. The number of anilines is 4. The van der Waals surface area contributed by atoms with Gasteiger partial charge in [-0.3, -0.25) is 18.7 Å². The normalized spacial score (nSPS) is 25.2. The number of nitrogens with zero attached hydrogens (tertiary/aromatic N) is 4. The van der Waals surface area contributed by atoms with Crippen molar-refractivity contribution in [2.24, 2.45) is 0 Å². The maximum absolute atomic E-state index is 13.0. The number of hydrogen-bond donors (Lipinski definition) is 3. The van der Waals surface area contributed by atoms with Gasteiger partial charge in [0.15, 0.2) is 5.82 Å². The van der Waals surface area contributed by atoms with E-state index in [-0.39, 0.29) is 17.9 Å². The Morgan fingerprint density at radius 2 is 1.78 bits per heavy atom. The van der Waals surface area contributed by atoms with Gasteiger partial charge in [-0.05, 0) is 62.6 Å². The second kappa shape index (κ2) is 8.89. The summed E-state index contributed by atoms with van der Waals surface area (Å²) in [6, 6.07) is 11.2. The van der Waals surface area contributed by atoms with Crippen LogP contribution in [0.1, 0.15) is 55.8 Å². The van der Waals surface area contributed by atoms with Crippen molar-refractivity contribution in [2.75, 3.05) is 41.0 Å². The van der Waals surface area contributed by atoms with Gasteiger partial charge in [-0.15, -0.1) is 0 Å². The number of amides is 2. The van der Waals surface area contributed by atoms with Crippen LogP contribution in [0.25, 0.3) is 0 Å². The van der Waals surface area contributed by atoms with E-state index in [1.54, 1.807) is 21.9 Å². The minimum absolute atomic E-state index is 0.0870. The lowest BCUT2D eigenvalue weighted by molar-refractivity contribution is -0.119. The fourth-order valence-corrected chi connectivity index (χ4v) is 8.14. The lowest BCUT2D eigenvalue weighted by Gasteiger charge is -2.67. The van der Waals surface area contributed by atoms with Crippen molar-refractivity contribution in [3.8, 4) is 0 Å². The van der Waals surface area contributed by atoms with Crippen molar-refractivity contribution < 1.29 is 18.7 Å². The summed E-state index contributed by atoms with van der Waals surface area (Å²) >= 11 is 0. The molecule has 9 nitrogen and oxygen atoms in total. The van der Waals surface area contributed by atoms with E-state index in [0.29, 0.717) is 36.3 Å². The summed E-state index contributed by atoms with van der Waals surface area (Å²) < 4.78 is 19.7. The smallest absolute Gasteiger partial charge is 0.254 e. The molecule has 4 heterocycles. The molecular weight excluding hydrogens is 490 g/mol. The third kappa shape index (κ3) is 3.97. The molecule has 6 rings (SSSR count). The second-order valence-electron chi connectivity index (χ2n) is 11.0. The number of likely N-dealkylation sites (tertiary alicyclic amines) is 1. The van der Waals surface area contributed by atoms with Gasteiger partial charge in [-0.1, -0.05) is 19.3 Å². The van der Waals surface area contributed by atoms with Crippen molar-refractivity contribution in [3.05, 3.63) is 42.0 Å². The molecule has 37 heavy (non-hydrogen) atoms. The summed E-state index contributed by atoms with van der Waals surface area (Å²) in [4.78, 5) is 36.4. The molecule has 198 valence electrons. The van der Waals surface area contributed by atoms with Gasteiger partial charge in [0.05, 0.1) is 10.4 Å². The quantitative estimate of drug-likeness (QED) is 0.532. The molecule has 1 spiro atoms. The van der Waals surface area contributed by atoms with Crippen molar-refractivity contribution in [3.63, 3.8) is 0 Å². The topological polar surface area (TPSA) is 109 Å². The molecule has 0 unspecified atom stereocenters. The summed E-state index contributed by atoms with van der Waals surface area (Å²) in [5.41, 5.74) is 2.22. The number of carbonyl (C=O) groups is 2. The number of aromatic nitrogens is 1. The Kier molecular flexibility index (Phi) is 5.89. The SMILES string of the molecule is C[C@@H]1C(=O)N(C)c2ccc(Nc3ccc(C(=O)N4CC5(CCS5(O)O)C4)cc3)nc2N1C1CCCCC1. The van der Waals surface area contributed by atoms with Gasteiger partial charge in [0, 0.05) is 43.2 Å². The van der Waals surface area contributed by atoms with Gasteiger partial charge in [-0.2, -0.15) is 10.6 Å². The van der Waals surface area contributed by atoms with E-state index in [2.05, 4.69) is 10.2 Å². The first-order valence-corrected chi connectivity index (χ1v) is 14.9. The maximum Gasteiger partial charge on any atom is 0.254 e. The monoisotopic (exact) mass is 525 g/mol. The van der Waals surface area contributed by atoms with Crippen LogP contribution in [0.2, 0.25) is 0 Å². The van der Waals surface area contributed by atoms with Gasteiger partial charge in [0.1, 0.15) is 11.9 Å². The molecule has 3 fully saturated rings. The minimum Gasteiger partial charge on any atom is -0.340 e. The molecule has 1 aromatic carbocycles. The minimum atomic E-state index is -2.54. The van der Waals surface area contributed by atoms with Crippen molar-refractivity contribution in [1.82, 2.24) is 9.88 Å². The lowest BCUT2D eigenvalue weighted by atomic mass is 9.92. The standard InChI is InChI=1S/C27H35N5O4S/c1-18-25(33)30(2)22-12-13-23(29-24(22)32(18)21-6-4-3-5-7-21)28-20-10-8-19(9-11-20)26(34)31-16-27(17-31)14-15-37(27,35)36/h8-13,18,21,35-36H,3-7,14-17H2,1-2H3,(H,28,29)/t18-/m1/s1.